The lowest BCUT2D eigenvalue weighted by atomic mass is 9.72. The van der Waals surface area contributed by atoms with Gasteiger partial charge in [0.1, 0.15) is 11.5 Å². The molecule has 2 aliphatic rings. The van der Waals surface area contributed by atoms with Crippen molar-refractivity contribution in [1.82, 2.24) is 9.38 Å². The van der Waals surface area contributed by atoms with E-state index in [0.717, 1.165) is 24.5 Å². The van der Waals surface area contributed by atoms with Gasteiger partial charge in [-0.05, 0) is 18.6 Å². The highest BCUT2D eigenvalue weighted by Crippen LogP contribution is 2.39. The van der Waals surface area contributed by atoms with E-state index >= 15 is 0 Å². The topological polar surface area (TPSA) is 64.6 Å². The van der Waals surface area contributed by atoms with E-state index in [2.05, 4.69) is 10.3 Å². The van der Waals surface area contributed by atoms with Crippen LogP contribution in [0.4, 0.5) is 5.82 Å². The molecule has 4 atom stereocenters. The maximum absolute atomic E-state index is 6.21. The Morgan fingerprint density at radius 1 is 1.44 bits per heavy atom. The van der Waals surface area contributed by atoms with Gasteiger partial charge in [0.25, 0.3) is 0 Å². The average molecular weight is 244 g/mol. The lowest BCUT2D eigenvalue weighted by molar-refractivity contribution is 0.00520. The largest absolute Gasteiger partial charge is 0.376 e. The number of pyridine rings is 1. The monoisotopic (exact) mass is 244 g/mol. The van der Waals surface area contributed by atoms with E-state index in [4.69, 9.17) is 10.5 Å². The molecule has 2 fully saturated rings. The molecule has 1 saturated carbocycles. The maximum atomic E-state index is 6.21. The molecule has 94 valence electrons. The Morgan fingerprint density at radius 3 is 3.33 bits per heavy atom. The van der Waals surface area contributed by atoms with Crippen molar-refractivity contribution < 1.29 is 4.74 Å². The molecule has 18 heavy (non-hydrogen) atoms. The van der Waals surface area contributed by atoms with Gasteiger partial charge in [-0.25, -0.2) is 4.98 Å². The first-order valence-corrected chi connectivity index (χ1v) is 6.40. The Balaban J connectivity index is 1.63. The number of nitrogens with two attached hydrogens (primary N) is 1. The summed E-state index contributed by atoms with van der Waals surface area (Å²) in [5, 5.41) is 3.50. The standard InChI is InChI=1S/C13H16N4O/c14-11-8-4-7-18-13(8)12(11)16-10-3-1-2-9-15-5-6-17(9)10/h1-3,5-6,8,11-13,16H,4,7,14H2. The molecular weight excluding hydrogens is 228 g/mol. The van der Waals surface area contributed by atoms with Crippen molar-refractivity contribution in [2.24, 2.45) is 11.7 Å². The van der Waals surface area contributed by atoms with Crippen LogP contribution in [0.25, 0.3) is 5.65 Å². The molecule has 0 spiro atoms. The predicted octanol–water partition coefficient (Wildman–Crippen LogP) is 0.861. The number of imidazole rings is 1. The first-order chi connectivity index (χ1) is 8.84. The van der Waals surface area contributed by atoms with Gasteiger partial charge < -0.3 is 15.8 Å². The summed E-state index contributed by atoms with van der Waals surface area (Å²) in [6.07, 6.45) is 5.13. The fraction of sp³-hybridized carbons (Fsp3) is 0.462. The molecule has 0 bridgehead atoms. The van der Waals surface area contributed by atoms with Gasteiger partial charge in [-0.3, -0.25) is 4.40 Å². The molecule has 3 N–H and O–H groups in total. The second kappa shape index (κ2) is 3.70. The molecule has 3 heterocycles. The molecule has 4 unspecified atom stereocenters. The van der Waals surface area contributed by atoms with Crippen molar-refractivity contribution in [1.29, 1.82) is 0 Å². The summed E-state index contributed by atoms with van der Waals surface area (Å²) in [7, 11) is 0. The highest BCUT2D eigenvalue weighted by atomic mass is 16.5. The van der Waals surface area contributed by atoms with Crippen LogP contribution in [0, 0.1) is 5.92 Å². The summed E-state index contributed by atoms with van der Waals surface area (Å²) >= 11 is 0. The van der Waals surface area contributed by atoms with E-state index in [1.165, 1.54) is 0 Å². The SMILES string of the molecule is NC1C2CCOC2C1Nc1cccc2nccn12. The van der Waals surface area contributed by atoms with E-state index in [1.807, 2.05) is 28.8 Å². The second-order valence-electron chi connectivity index (χ2n) is 5.10. The fourth-order valence-electron chi connectivity index (χ4n) is 3.16. The van der Waals surface area contributed by atoms with Crippen LogP contribution in [-0.4, -0.2) is 34.2 Å². The van der Waals surface area contributed by atoms with E-state index in [9.17, 15) is 0 Å². The summed E-state index contributed by atoms with van der Waals surface area (Å²) < 4.78 is 7.77. The molecule has 1 saturated heterocycles. The lowest BCUT2D eigenvalue weighted by Crippen LogP contribution is -2.65. The highest BCUT2D eigenvalue weighted by molar-refractivity contribution is 5.51. The number of hydrogen-bond donors (Lipinski definition) is 2. The number of ether oxygens (including phenoxy) is 1. The summed E-state index contributed by atoms with van der Waals surface area (Å²) in [6.45, 7) is 0.844. The number of anilines is 1. The smallest absolute Gasteiger partial charge is 0.138 e. The van der Waals surface area contributed by atoms with Crippen molar-refractivity contribution in [3.8, 4) is 0 Å². The van der Waals surface area contributed by atoms with Crippen LogP contribution in [-0.2, 0) is 4.74 Å². The van der Waals surface area contributed by atoms with E-state index in [0.29, 0.717) is 5.92 Å². The first kappa shape index (κ1) is 10.3. The third-order valence-electron chi connectivity index (χ3n) is 4.19. The lowest BCUT2D eigenvalue weighted by Gasteiger charge is -2.46. The van der Waals surface area contributed by atoms with Gasteiger partial charge in [-0.2, -0.15) is 0 Å². The summed E-state index contributed by atoms with van der Waals surface area (Å²) in [5.41, 5.74) is 7.15. The summed E-state index contributed by atoms with van der Waals surface area (Å²) in [5.74, 6) is 1.56. The third-order valence-corrected chi connectivity index (χ3v) is 4.19. The van der Waals surface area contributed by atoms with Gasteiger partial charge in [0.2, 0.25) is 0 Å². The fourth-order valence-corrected chi connectivity index (χ4v) is 3.16. The van der Waals surface area contributed by atoms with E-state index in [-0.39, 0.29) is 18.2 Å². The molecular formula is C13H16N4O. The van der Waals surface area contributed by atoms with Crippen molar-refractivity contribution in [2.45, 2.75) is 24.6 Å². The zero-order valence-corrected chi connectivity index (χ0v) is 9.99. The molecule has 0 aromatic carbocycles. The molecule has 2 aromatic rings. The number of nitrogens with zero attached hydrogens (tertiary/aromatic N) is 2. The molecule has 2 aromatic heterocycles. The molecule has 5 heteroatoms. The average Bonchev–Trinajstić information content (AvgIpc) is 3.02. The van der Waals surface area contributed by atoms with Crippen LogP contribution in [0.5, 0.6) is 0 Å². The van der Waals surface area contributed by atoms with Gasteiger partial charge in [-0.1, -0.05) is 6.07 Å². The van der Waals surface area contributed by atoms with Crippen LogP contribution in [0.2, 0.25) is 0 Å². The quantitative estimate of drug-likeness (QED) is 0.822. The van der Waals surface area contributed by atoms with Crippen molar-refractivity contribution in [3.05, 3.63) is 30.6 Å². The van der Waals surface area contributed by atoms with Crippen molar-refractivity contribution >= 4 is 11.5 Å². The molecule has 1 aliphatic heterocycles. The Bertz CT molecular complexity index is 581. The van der Waals surface area contributed by atoms with E-state index in [1.54, 1.807) is 6.20 Å². The van der Waals surface area contributed by atoms with Gasteiger partial charge in [-0.15, -0.1) is 0 Å². The van der Waals surface area contributed by atoms with Gasteiger partial charge >= 0.3 is 0 Å². The molecule has 1 aliphatic carbocycles. The van der Waals surface area contributed by atoms with Crippen LogP contribution >= 0.6 is 0 Å². The molecule has 5 nitrogen and oxygen atoms in total. The number of aromatic nitrogens is 2. The summed E-state index contributed by atoms with van der Waals surface area (Å²) in [4.78, 5) is 4.28. The number of nitrogens with one attached hydrogen (secondary N) is 1. The Hall–Kier alpha value is -1.59. The molecule has 0 amide bonds. The minimum atomic E-state index is 0.191. The third kappa shape index (κ3) is 1.31. The van der Waals surface area contributed by atoms with E-state index < -0.39 is 0 Å². The van der Waals surface area contributed by atoms with Gasteiger partial charge in [0.05, 0.1) is 12.1 Å². The van der Waals surface area contributed by atoms with Crippen molar-refractivity contribution in [2.75, 3.05) is 11.9 Å². The zero-order valence-electron chi connectivity index (χ0n) is 9.99. The van der Waals surface area contributed by atoms with Gasteiger partial charge in [0.15, 0.2) is 0 Å². The van der Waals surface area contributed by atoms with Gasteiger partial charge in [0, 0.05) is 31.0 Å². The Morgan fingerprint density at radius 2 is 2.39 bits per heavy atom. The highest BCUT2D eigenvalue weighted by Gasteiger charge is 2.52. The molecule has 0 radical (unpaired) electrons. The normalized spacial score (nSPS) is 34.3. The molecule has 4 rings (SSSR count). The predicted molar refractivity (Wildman–Crippen MR) is 68.4 cm³/mol. The number of fused-ring (bicyclic) bond motifs is 2. The van der Waals surface area contributed by atoms with Crippen LogP contribution in [0.1, 0.15) is 6.42 Å². The van der Waals surface area contributed by atoms with Crippen molar-refractivity contribution in [3.63, 3.8) is 0 Å². The van der Waals surface area contributed by atoms with Crippen LogP contribution in [0.15, 0.2) is 30.6 Å². The number of hydrogen-bond acceptors (Lipinski definition) is 4. The Kier molecular flexibility index (Phi) is 2.13. The van der Waals surface area contributed by atoms with Crippen LogP contribution in [0.3, 0.4) is 0 Å². The second-order valence-corrected chi connectivity index (χ2v) is 5.10. The minimum Gasteiger partial charge on any atom is -0.376 e. The summed E-state index contributed by atoms with van der Waals surface area (Å²) in [6, 6.07) is 6.44. The number of rotatable bonds is 2. The minimum absolute atomic E-state index is 0.191. The zero-order chi connectivity index (χ0) is 12.1. The van der Waals surface area contributed by atoms with Crippen LogP contribution < -0.4 is 11.1 Å². The maximum Gasteiger partial charge on any atom is 0.138 e. The Labute approximate surface area is 105 Å². The first-order valence-electron chi connectivity index (χ1n) is 6.40.